The van der Waals surface area contributed by atoms with Gasteiger partial charge in [-0.05, 0) is 69.2 Å². The molecule has 6 aromatic rings. The monoisotopic (exact) mass is 883 g/mol. The smallest absolute Gasteiger partial charge is 0.356 e. The van der Waals surface area contributed by atoms with E-state index in [9.17, 15) is 14.7 Å². The van der Waals surface area contributed by atoms with Gasteiger partial charge in [0.05, 0.1) is 48.2 Å². The molecule has 0 saturated heterocycles. The number of hydrogen-bond acceptors (Lipinski definition) is 10. The van der Waals surface area contributed by atoms with E-state index in [4.69, 9.17) is 10.5 Å². The Morgan fingerprint density at radius 3 is 1.98 bits per heavy atom. The van der Waals surface area contributed by atoms with Crippen LogP contribution in [0.4, 0.5) is 11.4 Å². The fourth-order valence-corrected chi connectivity index (χ4v) is 8.59. The number of aromatic nitrogens is 12. The Morgan fingerprint density at radius 1 is 0.841 bits per heavy atom. The number of nitrogen functional groups attached to an aromatic ring is 1. The van der Waals surface area contributed by atoms with Crippen molar-refractivity contribution in [3.05, 3.63) is 94.6 Å². The quantitative estimate of drug-likeness (QED) is 0.0729. The van der Waals surface area contributed by atoms with E-state index < -0.39 is 14.0 Å². The van der Waals surface area contributed by atoms with Crippen molar-refractivity contribution in [1.29, 1.82) is 0 Å². The Labute approximate surface area is 370 Å². The first-order chi connectivity index (χ1) is 29.6. The lowest BCUT2D eigenvalue weighted by atomic mass is 9.76. The van der Waals surface area contributed by atoms with Gasteiger partial charge in [-0.15, -0.1) is 0 Å². The van der Waals surface area contributed by atoms with Gasteiger partial charge in [-0.3, -0.25) is 28.6 Å². The zero-order valence-corrected chi connectivity index (χ0v) is 39.8. The first kappa shape index (κ1) is 46.7. The Morgan fingerprint density at radius 2 is 1.43 bits per heavy atom. The lowest BCUT2D eigenvalue weighted by Crippen LogP contribution is -2.25. The van der Waals surface area contributed by atoms with E-state index in [0.29, 0.717) is 23.8 Å². The predicted molar refractivity (Wildman–Crippen MR) is 244 cm³/mol. The van der Waals surface area contributed by atoms with E-state index in [2.05, 4.69) is 95.3 Å². The van der Waals surface area contributed by atoms with Crippen LogP contribution in [0.25, 0.3) is 0 Å². The summed E-state index contributed by atoms with van der Waals surface area (Å²) in [4.78, 5) is 24.1. The Kier molecular flexibility index (Phi) is 14.0. The molecule has 0 spiro atoms. The van der Waals surface area contributed by atoms with E-state index >= 15 is 0 Å². The molecule has 63 heavy (non-hydrogen) atoms. The highest BCUT2D eigenvalue weighted by Gasteiger charge is 2.33. The van der Waals surface area contributed by atoms with Crippen molar-refractivity contribution >= 4 is 31.3 Å². The van der Waals surface area contributed by atoms with Crippen LogP contribution in [0.1, 0.15) is 121 Å². The molecule has 1 amide bonds. The van der Waals surface area contributed by atoms with Crippen molar-refractivity contribution in [2.45, 2.75) is 125 Å². The van der Waals surface area contributed by atoms with Crippen molar-refractivity contribution in [2.24, 2.45) is 24.9 Å². The number of carboxylic acids is 1. The molecule has 2 unspecified atom stereocenters. The fourth-order valence-electron chi connectivity index (χ4n) is 7.83. The fraction of sp³-hybridized carbons (Fsp3) is 0.545. The van der Waals surface area contributed by atoms with E-state index in [1.807, 2.05) is 67.6 Å². The van der Waals surface area contributed by atoms with Crippen molar-refractivity contribution in [1.82, 2.24) is 59.1 Å². The largest absolute Gasteiger partial charge is 0.476 e. The molecule has 0 fully saturated rings. The van der Waals surface area contributed by atoms with Gasteiger partial charge in [-0.2, -0.15) is 30.6 Å². The Balaban J connectivity index is 0.000000165. The molecule has 6 aromatic heterocycles. The van der Waals surface area contributed by atoms with Crippen LogP contribution >= 0.6 is 0 Å². The number of nitrogens with one attached hydrogen (secondary N) is 2. The van der Waals surface area contributed by atoms with Crippen molar-refractivity contribution in [3.63, 3.8) is 0 Å². The molecule has 0 radical (unpaired) electrons. The number of ether oxygens (including phenoxy) is 1. The van der Waals surface area contributed by atoms with Crippen LogP contribution in [-0.2, 0) is 51.2 Å². The minimum Gasteiger partial charge on any atom is -0.476 e. The molecule has 0 bridgehead atoms. The summed E-state index contributed by atoms with van der Waals surface area (Å²) >= 11 is 0. The number of rotatable bonds is 12. The SMILES string of the molecule is CC(c1cnn(C)c1)n1cc(N)cn1.CC(c1cnn(C)c1)n1cc(NC(=O)c2n[nH]c3c2CCC(C)(C)C3)cn1.CC1(C)CCc2c(C(=O)O)nn(COCC[Si](C)(C)C)c2C1. The van der Waals surface area contributed by atoms with Crippen LogP contribution in [0, 0.1) is 10.8 Å². The summed E-state index contributed by atoms with van der Waals surface area (Å²) in [5.41, 5.74) is 14.3. The predicted octanol–water partition coefficient (Wildman–Crippen LogP) is 6.93. The van der Waals surface area contributed by atoms with E-state index in [-0.39, 0.29) is 34.5 Å². The van der Waals surface area contributed by atoms with Crippen LogP contribution in [0.5, 0.6) is 0 Å². The van der Waals surface area contributed by atoms with Gasteiger partial charge in [-0.1, -0.05) is 47.3 Å². The molecule has 2 aliphatic rings. The number of nitrogens with two attached hydrogens (primary N) is 1. The van der Waals surface area contributed by atoms with Crippen molar-refractivity contribution in [2.75, 3.05) is 17.7 Å². The molecule has 8 rings (SSSR count). The van der Waals surface area contributed by atoms with Crippen LogP contribution < -0.4 is 11.1 Å². The van der Waals surface area contributed by atoms with Gasteiger partial charge >= 0.3 is 5.97 Å². The van der Waals surface area contributed by atoms with Crippen LogP contribution in [-0.4, -0.2) is 90.8 Å². The first-order valence-corrected chi connectivity index (χ1v) is 25.4. The topological polar surface area (TPSA) is 219 Å². The summed E-state index contributed by atoms with van der Waals surface area (Å²) in [5, 5.41) is 40.7. The third kappa shape index (κ3) is 12.0. The molecule has 5 N–H and O–H groups in total. The minimum atomic E-state index is -1.11. The number of nitrogens with zero attached hydrogens (tertiary/aromatic N) is 11. The maximum Gasteiger partial charge on any atom is 0.356 e. The lowest BCUT2D eigenvalue weighted by molar-refractivity contribution is 0.0667. The number of aromatic carboxylic acids is 1. The van der Waals surface area contributed by atoms with Gasteiger partial charge < -0.3 is 20.9 Å². The van der Waals surface area contributed by atoms with E-state index in [1.54, 1.807) is 26.4 Å². The number of H-pyrrole nitrogens is 1. The number of carboxylic acid groups (broad SMARTS) is 1. The Hall–Kier alpha value is -5.82. The summed E-state index contributed by atoms with van der Waals surface area (Å²) in [5.74, 6) is -1.13. The molecule has 2 aliphatic carbocycles. The second-order valence-electron chi connectivity index (χ2n) is 19.8. The average Bonchev–Trinajstić information content (AvgIpc) is 4.06. The number of carbonyl (C=O) groups excluding carboxylic acids is 1. The number of amides is 1. The van der Waals surface area contributed by atoms with Gasteiger partial charge in [0.2, 0.25) is 0 Å². The second-order valence-corrected chi connectivity index (χ2v) is 25.4. The molecule has 19 heteroatoms. The summed E-state index contributed by atoms with van der Waals surface area (Å²) in [6, 6.07) is 1.30. The van der Waals surface area contributed by atoms with Gasteiger partial charge in [-0.25, -0.2) is 9.48 Å². The van der Waals surface area contributed by atoms with Crippen LogP contribution in [0.2, 0.25) is 25.7 Å². The third-order valence-corrected chi connectivity index (χ3v) is 13.5. The molecule has 6 heterocycles. The summed E-state index contributed by atoms with van der Waals surface area (Å²) in [6.07, 6.45) is 20.0. The molecule has 340 valence electrons. The van der Waals surface area contributed by atoms with E-state index in [0.717, 1.165) is 84.8 Å². The molecule has 2 atom stereocenters. The van der Waals surface area contributed by atoms with Gasteiger partial charge in [0, 0.05) is 87.2 Å². The number of anilines is 2. The van der Waals surface area contributed by atoms with Gasteiger partial charge in [0.15, 0.2) is 11.4 Å². The normalized spacial score (nSPS) is 16.1. The summed E-state index contributed by atoms with van der Waals surface area (Å²) in [7, 11) is 2.67. The molecule has 18 nitrogen and oxygen atoms in total. The highest BCUT2D eigenvalue weighted by Crippen LogP contribution is 2.37. The maximum atomic E-state index is 12.7. The molecule has 0 aliphatic heterocycles. The highest BCUT2D eigenvalue weighted by atomic mass is 28.3. The van der Waals surface area contributed by atoms with Crippen molar-refractivity contribution < 1.29 is 19.4 Å². The third-order valence-electron chi connectivity index (χ3n) is 11.8. The molecule has 0 saturated carbocycles. The maximum absolute atomic E-state index is 12.7. The molecule has 0 aromatic carbocycles. The zero-order valence-electron chi connectivity index (χ0n) is 38.8. The average molecular weight is 883 g/mol. The van der Waals surface area contributed by atoms with Crippen LogP contribution in [0.15, 0.2) is 49.6 Å². The van der Waals surface area contributed by atoms with Crippen molar-refractivity contribution in [3.8, 4) is 0 Å². The van der Waals surface area contributed by atoms with E-state index in [1.165, 1.54) is 0 Å². The number of hydrogen-bond donors (Lipinski definition) is 4. The zero-order chi connectivity index (χ0) is 45.9. The first-order valence-electron chi connectivity index (χ1n) is 21.7. The van der Waals surface area contributed by atoms with Gasteiger partial charge in [0.1, 0.15) is 6.73 Å². The van der Waals surface area contributed by atoms with Crippen LogP contribution in [0.3, 0.4) is 0 Å². The standard InChI is InChI=1S/C19H25N7O.C16H28N2O3Si.C9H13N5/c1-12(13-8-20-25(4)10-13)26-11-14(9-21-26)22-18(27)17-15-5-6-19(2,3)7-16(15)23-24-17;1-16(2)7-6-12-13(10-16)18(17-14(12)15(19)20)11-21-8-9-22(3,4)5;1-7(8-3-11-13(2)5-8)14-6-9(10)4-12-14/h8-12H,5-7H2,1-4H3,(H,22,27)(H,23,24);6-11H2,1-5H3,(H,19,20);3-7H,10H2,1-2H3. The Bertz CT molecular complexity index is 2450. The summed E-state index contributed by atoms with van der Waals surface area (Å²) < 4.78 is 14.7. The second kappa shape index (κ2) is 18.9. The van der Waals surface area contributed by atoms with Gasteiger partial charge in [0.25, 0.3) is 5.91 Å². The number of carbonyl (C=O) groups is 2. The molecular formula is C44H66N14O4Si. The lowest BCUT2D eigenvalue weighted by Gasteiger charge is -2.30. The number of aryl methyl sites for hydroxylation is 2. The highest BCUT2D eigenvalue weighted by molar-refractivity contribution is 6.76. The number of fused-ring (bicyclic) bond motifs is 2. The minimum absolute atomic E-state index is 0.0322. The number of aromatic amines is 1. The molecular weight excluding hydrogens is 817 g/mol. The summed E-state index contributed by atoms with van der Waals surface area (Å²) in [6.45, 7) is 21.1.